The first-order chi connectivity index (χ1) is 15.7. The number of halogens is 3. The highest BCUT2D eigenvalue weighted by Gasteiger charge is 2.30. The number of amides is 1. The van der Waals surface area contributed by atoms with Gasteiger partial charge in [-0.05, 0) is 42.5 Å². The number of hydrogen-bond donors (Lipinski definition) is 1. The summed E-state index contributed by atoms with van der Waals surface area (Å²) in [4.78, 5) is 12.5. The van der Waals surface area contributed by atoms with Crippen LogP contribution in [-0.2, 0) is 14.8 Å². The van der Waals surface area contributed by atoms with E-state index in [2.05, 4.69) is 5.32 Å². The van der Waals surface area contributed by atoms with Crippen LogP contribution in [0.4, 0.5) is 15.8 Å². The Morgan fingerprint density at radius 1 is 0.970 bits per heavy atom. The second kappa shape index (κ2) is 10.3. The zero-order valence-electron chi connectivity index (χ0n) is 17.5. The maximum Gasteiger partial charge on any atom is 0.265 e. The van der Waals surface area contributed by atoms with Crippen LogP contribution in [0.2, 0.25) is 10.0 Å². The highest BCUT2D eigenvalue weighted by atomic mass is 35.5. The van der Waals surface area contributed by atoms with Crippen molar-refractivity contribution in [3.8, 4) is 11.5 Å². The van der Waals surface area contributed by atoms with Crippen LogP contribution in [0, 0.1) is 5.82 Å². The van der Waals surface area contributed by atoms with Gasteiger partial charge in [0, 0.05) is 11.8 Å². The number of nitrogens with one attached hydrogen (secondary N) is 1. The molecule has 0 atom stereocenters. The average molecular weight is 513 g/mol. The SMILES string of the molecule is COc1ccc(S(=O)(=O)N(CC(=O)Nc2ccc(Cl)c(Cl)c2)c2ccccc2F)cc1OC. The van der Waals surface area contributed by atoms with Gasteiger partial charge in [-0.15, -0.1) is 0 Å². The van der Waals surface area contributed by atoms with Crippen LogP contribution in [0.1, 0.15) is 0 Å². The Bertz CT molecular complexity index is 1290. The Morgan fingerprint density at radius 3 is 2.30 bits per heavy atom. The summed E-state index contributed by atoms with van der Waals surface area (Å²) in [6.45, 7) is -0.710. The third-order valence-electron chi connectivity index (χ3n) is 4.55. The lowest BCUT2D eigenvalue weighted by Gasteiger charge is -2.25. The molecule has 174 valence electrons. The predicted octanol–water partition coefficient (Wildman–Crippen LogP) is 4.98. The van der Waals surface area contributed by atoms with Gasteiger partial charge in [0.25, 0.3) is 10.0 Å². The number of carbonyl (C=O) groups excluding carboxylic acids is 1. The molecule has 3 rings (SSSR count). The maximum atomic E-state index is 14.6. The summed E-state index contributed by atoms with van der Waals surface area (Å²) < 4.78 is 52.6. The lowest BCUT2D eigenvalue weighted by molar-refractivity contribution is -0.114. The minimum Gasteiger partial charge on any atom is -0.493 e. The van der Waals surface area contributed by atoms with Gasteiger partial charge in [0.05, 0.1) is 34.8 Å². The molecule has 0 aliphatic rings. The molecule has 0 spiro atoms. The summed E-state index contributed by atoms with van der Waals surface area (Å²) in [6, 6.07) is 13.6. The highest BCUT2D eigenvalue weighted by Crippen LogP contribution is 2.33. The Labute approximate surface area is 200 Å². The van der Waals surface area contributed by atoms with Crippen molar-refractivity contribution < 1.29 is 27.1 Å². The standard InChI is InChI=1S/C22H19Cl2FN2O5S/c1-31-20-10-8-15(12-21(20)32-2)33(29,30)27(19-6-4-3-5-18(19)25)13-22(28)26-14-7-9-16(23)17(24)11-14/h3-12H,13H2,1-2H3,(H,26,28). The van der Waals surface area contributed by atoms with Crippen LogP contribution >= 0.6 is 23.2 Å². The largest absolute Gasteiger partial charge is 0.493 e. The van der Waals surface area contributed by atoms with Gasteiger partial charge in [-0.3, -0.25) is 9.10 Å². The molecular weight excluding hydrogens is 494 g/mol. The fraction of sp³-hybridized carbons (Fsp3) is 0.136. The molecule has 1 N–H and O–H groups in total. The summed E-state index contributed by atoms with van der Waals surface area (Å²) in [6.07, 6.45) is 0. The van der Waals surface area contributed by atoms with Crippen molar-refractivity contribution in [2.75, 3.05) is 30.4 Å². The predicted molar refractivity (Wildman–Crippen MR) is 126 cm³/mol. The number of rotatable bonds is 8. The van der Waals surface area contributed by atoms with Crippen LogP contribution in [0.5, 0.6) is 11.5 Å². The smallest absolute Gasteiger partial charge is 0.265 e. The van der Waals surface area contributed by atoms with Gasteiger partial charge in [0.15, 0.2) is 11.5 Å². The second-order valence-electron chi connectivity index (χ2n) is 6.66. The normalized spacial score (nSPS) is 11.1. The fourth-order valence-corrected chi connectivity index (χ4v) is 4.71. The van der Waals surface area contributed by atoms with Crippen molar-refractivity contribution in [1.82, 2.24) is 0 Å². The van der Waals surface area contributed by atoms with Crippen molar-refractivity contribution >= 4 is 50.5 Å². The Hall–Kier alpha value is -3.01. The second-order valence-corrected chi connectivity index (χ2v) is 9.33. The Morgan fingerprint density at radius 2 is 1.67 bits per heavy atom. The monoisotopic (exact) mass is 512 g/mol. The molecular formula is C22H19Cl2FN2O5S. The summed E-state index contributed by atoms with van der Waals surface area (Å²) >= 11 is 11.8. The van der Waals surface area contributed by atoms with Gasteiger partial charge in [0.2, 0.25) is 5.91 Å². The van der Waals surface area contributed by atoms with Crippen LogP contribution in [0.3, 0.4) is 0 Å². The van der Waals surface area contributed by atoms with E-state index in [9.17, 15) is 17.6 Å². The molecule has 0 aliphatic carbocycles. The summed E-state index contributed by atoms with van der Waals surface area (Å²) in [7, 11) is -1.62. The lowest BCUT2D eigenvalue weighted by Crippen LogP contribution is -2.38. The van der Waals surface area contributed by atoms with E-state index in [1.165, 1.54) is 68.8 Å². The first kappa shape index (κ1) is 24.6. The first-order valence-corrected chi connectivity index (χ1v) is 11.6. The molecule has 0 heterocycles. The third-order valence-corrected chi connectivity index (χ3v) is 7.05. The van der Waals surface area contributed by atoms with E-state index in [0.717, 1.165) is 6.07 Å². The summed E-state index contributed by atoms with van der Waals surface area (Å²) in [5.74, 6) is -1.07. The third kappa shape index (κ3) is 5.50. The lowest BCUT2D eigenvalue weighted by atomic mass is 10.3. The van der Waals surface area contributed by atoms with E-state index in [1.807, 2.05) is 0 Å². The average Bonchev–Trinajstić information content (AvgIpc) is 2.80. The van der Waals surface area contributed by atoms with E-state index in [0.29, 0.717) is 20.8 Å². The summed E-state index contributed by atoms with van der Waals surface area (Å²) in [5.41, 5.74) is 0.00275. The van der Waals surface area contributed by atoms with E-state index in [1.54, 1.807) is 0 Å². The zero-order chi connectivity index (χ0) is 24.2. The quantitative estimate of drug-likeness (QED) is 0.459. The number of hydrogen-bond acceptors (Lipinski definition) is 5. The number of anilines is 2. The first-order valence-electron chi connectivity index (χ1n) is 9.41. The zero-order valence-corrected chi connectivity index (χ0v) is 19.8. The van der Waals surface area contributed by atoms with Crippen molar-refractivity contribution in [1.29, 1.82) is 0 Å². The van der Waals surface area contributed by atoms with Gasteiger partial charge in [-0.2, -0.15) is 0 Å². The van der Waals surface area contributed by atoms with Gasteiger partial charge in [-0.25, -0.2) is 12.8 Å². The van der Waals surface area contributed by atoms with Crippen LogP contribution in [-0.4, -0.2) is 35.1 Å². The van der Waals surface area contributed by atoms with Crippen molar-refractivity contribution in [3.63, 3.8) is 0 Å². The van der Waals surface area contributed by atoms with E-state index in [-0.39, 0.29) is 21.4 Å². The number of ether oxygens (including phenoxy) is 2. The molecule has 0 saturated carbocycles. The number of nitrogens with zero attached hydrogens (tertiary/aromatic N) is 1. The fourth-order valence-electron chi connectivity index (χ4n) is 2.96. The van der Waals surface area contributed by atoms with Crippen molar-refractivity contribution in [3.05, 3.63) is 76.5 Å². The molecule has 11 heteroatoms. The van der Waals surface area contributed by atoms with Crippen LogP contribution in [0.15, 0.2) is 65.6 Å². The number of carbonyl (C=O) groups is 1. The molecule has 1 amide bonds. The molecule has 0 aliphatic heterocycles. The number of para-hydroxylation sites is 1. The molecule has 0 radical (unpaired) electrons. The van der Waals surface area contributed by atoms with E-state index < -0.39 is 28.3 Å². The van der Waals surface area contributed by atoms with Gasteiger partial charge < -0.3 is 14.8 Å². The molecule has 3 aromatic rings. The van der Waals surface area contributed by atoms with Crippen molar-refractivity contribution in [2.24, 2.45) is 0 Å². The maximum absolute atomic E-state index is 14.6. The van der Waals surface area contributed by atoms with E-state index in [4.69, 9.17) is 32.7 Å². The molecule has 0 saturated heterocycles. The summed E-state index contributed by atoms with van der Waals surface area (Å²) in [5, 5.41) is 3.04. The molecule has 33 heavy (non-hydrogen) atoms. The minimum absolute atomic E-state index is 0.160. The molecule has 3 aromatic carbocycles. The van der Waals surface area contributed by atoms with Gasteiger partial charge in [-0.1, -0.05) is 35.3 Å². The number of benzene rings is 3. The number of methoxy groups -OCH3 is 2. The Kier molecular flexibility index (Phi) is 7.68. The number of sulfonamides is 1. The van der Waals surface area contributed by atoms with Crippen LogP contribution in [0.25, 0.3) is 0 Å². The van der Waals surface area contributed by atoms with Gasteiger partial charge >= 0.3 is 0 Å². The van der Waals surface area contributed by atoms with Crippen molar-refractivity contribution in [2.45, 2.75) is 4.90 Å². The molecule has 7 nitrogen and oxygen atoms in total. The molecule has 0 bridgehead atoms. The molecule has 0 unspecified atom stereocenters. The highest BCUT2D eigenvalue weighted by molar-refractivity contribution is 7.92. The minimum atomic E-state index is -4.39. The van der Waals surface area contributed by atoms with Crippen LogP contribution < -0.4 is 19.1 Å². The Balaban J connectivity index is 2.00. The molecule has 0 fully saturated rings. The van der Waals surface area contributed by atoms with E-state index >= 15 is 0 Å². The van der Waals surface area contributed by atoms with Gasteiger partial charge in [0.1, 0.15) is 12.4 Å². The topological polar surface area (TPSA) is 84.9 Å². The molecule has 0 aromatic heterocycles.